The maximum Gasteiger partial charge on any atom is 0.224 e. The van der Waals surface area contributed by atoms with E-state index in [1.54, 1.807) is 24.3 Å². The van der Waals surface area contributed by atoms with Crippen molar-refractivity contribution in [3.8, 4) is 6.07 Å². The van der Waals surface area contributed by atoms with Crippen molar-refractivity contribution in [2.75, 3.05) is 5.32 Å². The molecule has 0 saturated heterocycles. The topological polar surface area (TPSA) is 70.0 Å². The molecule has 0 saturated carbocycles. The molecule has 1 atom stereocenters. The second-order valence-corrected chi connectivity index (χ2v) is 3.95. The lowest BCUT2D eigenvalue weighted by Crippen LogP contribution is -2.15. The van der Waals surface area contributed by atoms with Gasteiger partial charge in [-0.1, -0.05) is 6.92 Å². The van der Waals surface area contributed by atoms with Gasteiger partial charge in [0.15, 0.2) is 0 Å². The van der Waals surface area contributed by atoms with Gasteiger partial charge in [-0.3, -0.25) is 4.79 Å². The van der Waals surface area contributed by atoms with Crippen molar-refractivity contribution in [2.24, 2.45) is 5.92 Å². The first-order valence-corrected chi connectivity index (χ1v) is 5.39. The SMILES string of the molecule is C[C@H](CC=O)CC(=O)Nc1ccc(C#N)cc1. The molecule has 0 aliphatic rings. The number of rotatable bonds is 5. The van der Waals surface area contributed by atoms with Gasteiger partial charge >= 0.3 is 0 Å². The minimum Gasteiger partial charge on any atom is -0.326 e. The van der Waals surface area contributed by atoms with Crippen LogP contribution in [0.5, 0.6) is 0 Å². The molecule has 1 rings (SSSR count). The van der Waals surface area contributed by atoms with E-state index in [-0.39, 0.29) is 11.8 Å². The number of nitrogens with one attached hydrogen (secondary N) is 1. The molecule has 0 heterocycles. The van der Waals surface area contributed by atoms with Gasteiger partial charge in [0.25, 0.3) is 0 Å². The minimum atomic E-state index is -0.121. The van der Waals surface area contributed by atoms with Crippen LogP contribution in [0.25, 0.3) is 0 Å². The molecule has 4 nitrogen and oxygen atoms in total. The number of hydrogen-bond acceptors (Lipinski definition) is 3. The monoisotopic (exact) mass is 230 g/mol. The van der Waals surface area contributed by atoms with Crippen LogP contribution in [-0.4, -0.2) is 12.2 Å². The largest absolute Gasteiger partial charge is 0.326 e. The van der Waals surface area contributed by atoms with Crippen molar-refractivity contribution in [1.29, 1.82) is 5.26 Å². The minimum absolute atomic E-state index is 0.0471. The zero-order valence-corrected chi connectivity index (χ0v) is 9.64. The third kappa shape index (κ3) is 4.47. The highest BCUT2D eigenvalue weighted by Gasteiger charge is 2.08. The number of anilines is 1. The van der Waals surface area contributed by atoms with Gasteiger partial charge in [-0.15, -0.1) is 0 Å². The summed E-state index contributed by atoms with van der Waals surface area (Å²) in [6.45, 7) is 1.85. The van der Waals surface area contributed by atoms with Gasteiger partial charge in [0.2, 0.25) is 5.91 Å². The number of nitriles is 1. The second kappa shape index (κ2) is 6.44. The highest BCUT2D eigenvalue weighted by molar-refractivity contribution is 5.90. The summed E-state index contributed by atoms with van der Waals surface area (Å²) < 4.78 is 0. The third-order valence-corrected chi connectivity index (χ3v) is 2.33. The van der Waals surface area contributed by atoms with Crippen LogP contribution in [0.3, 0.4) is 0 Å². The molecule has 0 aliphatic carbocycles. The van der Waals surface area contributed by atoms with Gasteiger partial charge in [0.1, 0.15) is 6.29 Å². The Hall–Kier alpha value is -2.15. The number of nitrogens with zero attached hydrogens (tertiary/aromatic N) is 1. The van der Waals surface area contributed by atoms with Gasteiger partial charge in [0.05, 0.1) is 11.6 Å². The number of carbonyl (C=O) groups excluding carboxylic acids is 2. The van der Waals surface area contributed by atoms with Gasteiger partial charge in [0, 0.05) is 18.5 Å². The first-order chi connectivity index (χ1) is 8.15. The molecular weight excluding hydrogens is 216 g/mol. The molecule has 1 aromatic rings. The Morgan fingerprint density at radius 3 is 2.65 bits per heavy atom. The Morgan fingerprint density at radius 1 is 1.47 bits per heavy atom. The van der Waals surface area contributed by atoms with Gasteiger partial charge < -0.3 is 10.1 Å². The smallest absolute Gasteiger partial charge is 0.224 e. The first-order valence-electron chi connectivity index (χ1n) is 5.39. The summed E-state index contributed by atoms with van der Waals surface area (Å²) in [6, 6.07) is 8.65. The van der Waals surface area contributed by atoms with Crippen molar-refractivity contribution in [3.05, 3.63) is 29.8 Å². The maximum absolute atomic E-state index is 11.6. The summed E-state index contributed by atoms with van der Waals surface area (Å²) in [6.07, 6.45) is 1.53. The average Bonchev–Trinajstić information content (AvgIpc) is 2.30. The van der Waals surface area contributed by atoms with Gasteiger partial charge in [-0.25, -0.2) is 0 Å². The molecule has 4 heteroatoms. The van der Waals surface area contributed by atoms with E-state index < -0.39 is 0 Å². The van der Waals surface area contributed by atoms with E-state index in [1.165, 1.54) is 0 Å². The molecule has 0 unspecified atom stereocenters. The van der Waals surface area contributed by atoms with E-state index in [0.29, 0.717) is 24.1 Å². The Kier molecular flexibility index (Phi) is 4.89. The molecule has 1 amide bonds. The standard InChI is InChI=1S/C13H14N2O2/c1-10(6-7-16)8-13(17)15-12-4-2-11(9-14)3-5-12/h2-5,7,10H,6,8H2,1H3,(H,15,17)/t10-/m1/s1. The van der Waals surface area contributed by atoms with Gasteiger partial charge in [-0.05, 0) is 30.2 Å². The lowest BCUT2D eigenvalue weighted by molar-refractivity contribution is -0.117. The quantitative estimate of drug-likeness (QED) is 0.787. The third-order valence-electron chi connectivity index (χ3n) is 2.33. The molecule has 0 fully saturated rings. The van der Waals surface area contributed by atoms with Crippen LogP contribution in [-0.2, 0) is 9.59 Å². The van der Waals surface area contributed by atoms with E-state index >= 15 is 0 Å². The molecule has 0 aliphatic heterocycles. The zero-order chi connectivity index (χ0) is 12.7. The van der Waals surface area contributed by atoms with Crippen molar-refractivity contribution >= 4 is 17.9 Å². The Morgan fingerprint density at radius 2 is 2.12 bits per heavy atom. The van der Waals surface area contributed by atoms with Crippen LogP contribution >= 0.6 is 0 Å². The lowest BCUT2D eigenvalue weighted by atomic mass is 10.0. The average molecular weight is 230 g/mol. The van der Waals surface area contributed by atoms with E-state index in [2.05, 4.69) is 5.32 Å². The van der Waals surface area contributed by atoms with Crippen LogP contribution in [0, 0.1) is 17.2 Å². The van der Waals surface area contributed by atoms with Crippen LogP contribution < -0.4 is 5.32 Å². The molecule has 1 N–H and O–H groups in total. The fourth-order valence-electron chi connectivity index (χ4n) is 1.40. The normalized spacial score (nSPS) is 11.3. The Balaban J connectivity index is 2.50. The predicted octanol–water partition coefficient (Wildman–Crippen LogP) is 2.11. The van der Waals surface area contributed by atoms with Crippen molar-refractivity contribution in [2.45, 2.75) is 19.8 Å². The zero-order valence-electron chi connectivity index (χ0n) is 9.64. The summed E-state index contributed by atoms with van der Waals surface area (Å²) in [5, 5.41) is 11.3. The number of amides is 1. The van der Waals surface area contributed by atoms with Crippen LogP contribution in [0.15, 0.2) is 24.3 Å². The fraction of sp³-hybridized carbons (Fsp3) is 0.308. The molecule has 1 aromatic carbocycles. The number of hydrogen-bond donors (Lipinski definition) is 1. The molecule has 0 bridgehead atoms. The number of benzene rings is 1. The number of aldehydes is 1. The molecule has 0 spiro atoms. The van der Waals surface area contributed by atoms with E-state index in [0.717, 1.165) is 6.29 Å². The van der Waals surface area contributed by atoms with Gasteiger partial charge in [-0.2, -0.15) is 5.26 Å². The molecular formula is C13H14N2O2. The lowest BCUT2D eigenvalue weighted by Gasteiger charge is -2.08. The highest BCUT2D eigenvalue weighted by atomic mass is 16.1. The Labute approximate surface area is 100 Å². The fourth-order valence-corrected chi connectivity index (χ4v) is 1.40. The van der Waals surface area contributed by atoms with E-state index in [1.807, 2.05) is 13.0 Å². The van der Waals surface area contributed by atoms with Crippen LogP contribution in [0.2, 0.25) is 0 Å². The van der Waals surface area contributed by atoms with E-state index in [4.69, 9.17) is 5.26 Å². The van der Waals surface area contributed by atoms with Crippen molar-refractivity contribution < 1.29 is 9.59 Å². The summed E-state index contributed by atoms with van der Waals surface area (Å²) in [5.74, 6) is -0.0741. The molecule has 17 heavy (non-hydrogen) atoms. The first kappa shape index (κ1) is 12.9. The summed E-state index contributed by atoms with van der Waals surface area (Å²) in [5.41, 5.74) is 1.21. The summed E-state index contributed by atoms with van der Waals surface area (Å²) in [7, 11) is 0. The summed E-state index contributed by atoms with van der Waals surface area (Å²) >= 11 is 0. The van der Waals surface area contributed by atoms with E-state index in [9.17, 15) is 9.59 Å². The maximum atomic E-state index is 11.6. The van der Waals surface area contributed by atoms with Crippen LogP contribution in [0.1, 0.15) is 25.3 Å². The van der Waals surface area contributed by atoms with Crippen molar-refractivity contribution in [1.82, 2.24) is 0 Å². The van der Waals surface area contributed by atoms with Crippen molar-refractivity contribution in [3.63, 3.8) is 0 Å². The predicted molar refractivity (Wildman–Crippen MR) is 64.2 cm³/mol. The number of carbonyl (C=O) groups is 2. The molecule has 0 aromatic heterocycles. The highest BCUT2D eigenvalue weighted by Crippen LogP contribution is 2.11. The van der Waals surface area contributed by atoms with Crippen LogP contribution in [0.4, 0.5) is 5.69 Å². The Bertz CT molecular complexity index is 432. The summed E-state index contributed by atoms with van der Waals surface area (Å²) in [4.78, 5) is 21.8. The second-order valence-electron chi connectivity index (χ2n) is 3.95. The molecule has 88 valence electrons. The molecule has 0 radical (unpaired) electrons.